The molecular formula is C17H25F3N4O2. The third-order valence-corrected chi connectivity index (χ3v) is 2.27. The molecule has 0 radical (unpaired) electrons. The first-order chi connectivity index (χ1) is 21.3. The van der Waals surface area contributed by atoms with E-state index in [9.17, 15) is 18.0 Å². The largest absolute Gasteiger partial charge is 0.444 e. The van der Waals surface area contributed by atoms with E-state index in [0.717, 1.165) is 0 Å². The molecule has 9 heteroatoms. The molecule has 0 spiro atoms. The van der Waals surface area contributed by atoms with Crippen molar-refractivity contribution in [2.75, 3.05) is 18.3 Å². The van der Waals surface area contributed by atoms with Gasteiger partial charge < -0.3 is 14.9 Å². The van der Waals surface area contributed by atoms with E-state index in [1.807, 2.05) is 0 Å². The first kappa shape index (κ1) is 5.48. The number of anilines is 1. The molecule has 6 nitrogen and oxygen atoms in total. The first-order valence-electron chi connectivity index (χ1n) is 18.0. The number of amides is 1. The number of hydrogen-bond donors (Lipinski definition) is 1. The second kappa shape index (κ2) is 7.67. The predicted molar refractivity (Wildman–Crippen MR) is 90.6 cm³/mol. The van der Waals surface area contributed by atoms with Crippen LogP contribution in [0.5, 0.6) is 0 Å². The molecule has 0 unspecified atom stereocenters. The van der Waals surface area contributed by atoms with E-state index in [1.54, 1.807) is 0 Å². The minimum Gasteiger partial charge on any atom is -0.444 e. The Morgan fingerprint density at radius 1 is 1.58 bits per heavy atom. The topological polar surface area (TPSA) is 67.3 Å². The van der Waals surface area contributed by atoms with Crippen LogP contribution in [0.25, 0.3) is 0 Å². The van der Waals surface area contributed by atoms with E-state index in [0.29, 0.717) is 0 Å². The van der Waals surface area contributed by atoms with Gasteiger partial charge in [-0.15, -0.1) is 10.2 Å². The summed E-state index contributed by atoms with van der Waals surface area (Å²) in [6, 6.07) is -8.66. The van der Waals surface area contributed by atoms with Crippen LogP contribution >= 0.6 is 0 Å². The smallest absolute Gasteiger partial charge is 0.435 e. The molecule has 0 aliphatic carbocycles. The van der Waals surface area contributed by atoms with Crippen molar-refractivity contribution in [1.82, 2.24) is 15.1 Å². The van der Waals surface area contributed by atoms with Crippen LogP contribution in [0.2, 0.25) is 1.41 Å². The summed E-state index contributed by atoms with van der Waals surface area (Å²) >= 11 is 0. The maximum Gasteiger partial charge on any atom is 0.435 e. The molecule has 1 N–H and O–H groups in total. The molecule has 1 fully saturated rings. The number of alkyl halides is 3. The Balaban J connectivity index is 3.18. The van der Waals surface area contributed by atoms with E-state index < -0.39 is 117 Å². The van der Waals surface area contributed by atoms with Crippen LogP contribution in [0.4, 0.5) is 23.8 Å². The average molecular weight is 398 g/mol. The minimum absolute atomic E-state index is 1.02. The van der Waals surface area contributed by atoms with Crippen LogP contribution in [-0.4, -0.2) is 45.8 Å². The Hall–Kier alpha value is -2.06. The molecule has 2 atom stereocenters. The SMILES string of the molecule is [2H]CC(OC(=O)N1C([2H])([2H])[C@@]([2H])(C([2H])([2H])[2H])C([2H])([2H])C([2H])([2H])[C@@]1([2H])C([2H])([2H])N([2H])c1nnc(C(F)(F)F)c([2H])c1[2H])(C([2H])([2H])[2H])C([2H])([2H])[2H]. The molecule has 0 bridgehead atoms. The first-order valence-corrected chi connectivity index (χ1v) is 6.30. The third-order valence-electron chi connectivity index (χ3n) is 2.27. The van der Waals surface area contributed by atoms with Crippen LogP contribution in [-0.2, 0) is 10.9 Å². The number of nitrogens with zero attached hydrogens (tertiary/aromatic N) is 3. The van der Waals surface area contributed by atoms with E-state index in [1.165, 1.54) is 0 Å². The highest BCUT2D eigenvalue weighted by Crippen LogP contribution is 2.27. The Morgan fingerprint density at radius 2 is 2.38 bits per heavy atom. The highest BCUT2D eigenvalue weighted by molar-refractivity contribution is 5.68. The second-order valence-corrected chi connectivity index (χ2v) is 4.46. The normalized spacial score (nSPS) is 47.8. The highest BCUT2D eigenvalue weighted by Gasteiger charge is 2.34. The molecule has 2 heterocycles. The van der Waals surface area contributed by atoms with Gasteiger partial charge in [0.2, 0.25) is 0 Å². The number of likely N-dealkylation sites (tertiary alicyclic amines) is 1. The summed E-state index contributed by atoms with van der Waals surface area (Å²) < 4.78 is 230. The summed E-state index contributed by atoms with van der Waals surface area (Å²) in [5, 5.41) is 4.33. The van der Waals surface area contributed by atoms with Crippen molar-refractivity contribution in [3.05, 3.63) is 17.8 Å². The molecule has 1 aliphatic heterocycles. The van der Waals surface area contributed by atoms with Crippen LogP contribution in [0.3, 0.4) is 0 Å². The van der Waals surface area contributed by atoms with Crippen LogP contribution in [0, 0.1) is 5.89 Å². The third kappa shape index (κ3) is 5.74. The molecule has 0 saturated carbocycles. The number of halogens is 3. The number of piperidine rings is 1. The van der Waals surface area contributed by atoms with Gasteiger partial charge in [-0.25, -0.2) is 4.79 Å². The summed E-state index contributed by atoms with van der Waals surface area (Å²) in [4.78, 5) is 12.5. The lowest BCUT2D eigenvalue weighted by Crippen LogP contribution is -2.51. The van der Waals surface area contributed by atoms with E-state index in [4.69, 9.17) is 31.6 Å². The lowest BCUT2D eigenvalue weighted by atomic mass is 9.94. The van der Waals surface area contributed by atoms with Crippen molar-refractivity contribution >= 4 is 11.9 Å². The molecule has 146 valence electrons. The van der Waals surface area contributed by atoms with Crippen molar-refractivity contribution in [2.24, 2.45) is 5.89 Å². The van der Waals surface area contributed by atoms with Gasteiger partial charge in [-0.05, 0) is 51.3 Å². The fourth-order valence-electron chi connectivity index (χ4n) is 1.33. The molecule has 1 aliphatic rings. The molecule has 1 aromatic heterocycles. The van der Waals surface area contributed by atoms with Crippen molar-refractivity contribution < 1.29 is 54.3 Å². The van der Waals surface area contributed by atoms with Gasteiger partial charge in [0.05, 0.1) is 12.9 Å². The maximum atomic E-state index is 13.8. The van der Waals surface area contributed by atoms with Crippen LogP contribution in [0.1, 0.15) is 76.1 Å². The Bertz CT molecular complexity index is 1450. The summed E-state index contributed by atoms with van der Waals surface area (Å²) in [7, 11) is 0. The minimum atomic E-state index is -5.46. The van der Waals surface area contributed by atoms with Gasteiger partial charge >= 0.3 is 12.3 Å². The number of aromatic nitrogens is 2. The lowest BCUT2D eigenvalue weighted by Gasteiger charge is -2.39. The van der Waals surface area contributed by atoms with Crippen LogP contribution in [0.15, 0.2) is 12.1 Å². The van der Waals surface area contributed by atoms with E-state index in [2.05, 4.69) is 14.9 Å². The van der Waals surface area contributed by atoms with Crippen molar-refractivity contribution in [3.63, 3.8) is 0 Å². The number of ether oxygens (including phenoxy) is 1. The lowest BCUT2D eigenvalue weighted by molar-refractivity contribution is -0.141. The van der Waals surface area contributed by atoms with Crippen molar-refractivity contribution in [1.29, 1.82) is 0 Å². The zero-order chi connectivity index (χ0) is 39.4. The maximum absolute atomic E-state index is 13.8. The number of rotatable bonds is 3. The molecular weight excluding hydrogens is 349 g/mol. The molecule has 0 aromatic carbocycles. The Labute approximate surface area is 183 Å². The fraction of sp³-hybridized carbons (Fsp3) is 0.706. The second-order valence-electron chi connectivity index (χ2n) is 4.46. The quantitative estimate of drug-likeness (QED) is 0.837. The summed E-state index contributed by atoms with van der Waals surface area (Å²) in [6.45, 7) is -24.1. The summed E-state index contributed by atoms with van der Waals surface area (Å²) in [5.41, 5.74) is -6.22. The van der Waals surface area contributed by atoms with Gasteiger partial charge in [0.15, 0.2) is 7.11 Å². The molecule has 1 saturated heterocycles. The number of carbonyl (C=O) groups is 1. The van der Waals surface area contributed by atoms with Gasteiger partial charge in [0.1, 0.15) is 11.4 Å². The standard InChI is InChI=1S/C17H25F3N4O2/c1-11-5-6-12(24(10-11)15(25)26-16(2,3)4)9-21-14-8-7-13(22-23-14)17(18,19)20/h7-8,11-12H,5-6,9-10H2,1-4H3,(H,21,23)/t11-,12-/m0/s1/i1D3,2D,3D3,4D3,5D2,6D2,7D,8D,9D2,10D2,11D,12D/hD. The highest BCUT2D eigenvalue weighted by atomic mass is 19.4. The van der Waals surface area contributed by atoms with Gasteiger partial charge in [0, 0.05) is 36.3 Å². The van der Waals surface area contributed by atoms with Gasteiger partial charge in [0.25, 0.3) is 0 Å². The summed E-state index contributed by atoms with van der Waals surface area (Å²) in [6.07, 6.45) is -18.0. The fourth-order valence-corrected chi connectivity index (χ4v) is 1.33. The number of hydrogen-bond acceptors (Lipinski definition) is 5. The molecule has 26 heavy (non-hydrogen) atoms. The Kier molecular flexibility index (Phi) is 1.62. The van der Waals surface area contributed by atoms with Gasteiger partial charge in [-0.2, -0.15) is 13.2 Å². The molecule has 2 rings (SSSR count). The van der Waals surface area contributed by atoms with E-state index in [-0.39, 0.29) is 0 Å². The zero-order valence-corrected chi connectivity index (χ0v) is 12.4. The number of carbonyl (C=O) groups excluding carboxylic acids is 1. The monoisotopic (exact) mass is 397 g/mol. The van der Waals surface area contributed by atoms with Gasteiger partial charge in [-0.3, -0.25) is 0 Å². The van der Waals surface area contributed by atoms with Gasteiger partial charge in [-0.1, -0.05) is 6.85 Å². The predicted octanol–water partition coefficient (Wildman–Crippen LogP) is 3.94. The average Bonchev–Trinajstić information content (AvgIpc) is 2.88. The number of nitrogens with one attached hydrogen (secondary N) is 1. The Morgan fingerprint density at radius 3 is 3.04 bits per heavy atom. The van der Waals surface area contributed by atoms with Crippen molar-refractivity contribution in [3.8, 4) is 0 Å². The molecule has 1 amide bonds. The van der Waals surface area contributed by atoms with Crippen LogP contribution < -0.4 is 5.31 Å². The van der Waals surface area contributed by atoms with E-state index >= 15 is 0 Å². The molecule has 1 aromatic rings. The summed E-state index contributed by atoms with van der Waals surface area (Å²) in [5.74, 6) is -6.46. The zero-order valence-electron chi connectivity index (χ0n) is 35.4. The van der Waals surface area contributed by atoms with Crippen molar-refractivity contribution in [2.45, 2.75) is 58.0 Å².